The van der Waals surface area contributed by atoms with Crippen LogP contribution in [0.3, 0.4) is 0 Å². The molecule has 5 heteroatoms. The molecule has 0 saturated carbocycles. The van der Waals surface area contributed by atoms with Gasteiger partial charge in [0.15, 0.2) is 0 Å². The van der Waals surface area contributed by atoms with E-state index in [-0.39, 0.29) is 12.3 Å². The lowest BCUT2D eigenvalue weighted by molar-refractivity contribution is 0.237. The minimum atomic E-state index is -0.432. The summed E-state index contributed by atoms with van der Waals surface area (Å²) in [5.74, 6) is -0.432. The Balaban J connectivity index is 2.87. The van der Waals surface area contributed by atoms with Crippen LogP contribution < -0.4 is 0 Å². The van der Waals surface area contributed by atoms with Crippen LogP contribution in [0.5, 0.6) is 0 Å². The van der Waals surface area contributed by atoms with E-state index in [1.54, 1.807) is 0 Å². The number of nitrogens with zero attached hydrogens (tertiary/aromatic N) is 2. The highest BCUT2D eigenvalue weighted by Crippen LogP contribution is 2.00. The predicted molar refractivity (Wildman–Crippen MR) is 44.4 cm³/mol. The smallest absolute Gasteiger partial charge is 0.141 e. The van der Waals surface area contributed by atoms with Crippen molar-refractivity contribution >= 4 is 5.71 Å². The number of oxime groups is 1. The lowest BCUT2D eigenvalue weighted by Gasteiger charge is -2.01. The highest BCUT2D eigenvalue weighted by atomic mass is 19.1. The number of ether oxygens (including phenoxy) is 1. The highest BCUT2D eigenvalue weighted by Gasteiger charge is 2.04. The van der Waals surface area contributed by atoms with Gasteiger partial charge in [-0.15, -0.1) is 0 Å². The minimum Gasteiger partial charge on any atom is -0.411 e. The summed E-state index contributed by atoms with van der Waals surface area (Å²) in [5.41, 5.74) is 0.660. The fraction of sp³-hybridized carbons (Fsp3) is 0.250. The molecular formula is C8H9FN2O2. The van der Waals surface area contributed by atoms with Crippen molar-refractivity contribution in [2.24, 2.45) is 5.16 Å². The molecule has 1 heterocycles. The van der Waals surface area contributed by atoms with Gasteiger partial charge in [0.2, 0.25) is 0 Å². The summed E-state index contributed by atoms with van der Waals surface area (Å²) in [6, 6.07) is 2.66. The maximum absolute atomic E-state index is 12.4. The molecule has 0 spiro atoms. The van der Waals surface area contributed by atoms with Gasteiger partial charge in [0.05, 0.1) is 18.5 Å². The molecule has 1 aromatic heterocycles. The third kappa shape index (κ3) is 2.48. The number of hydrogen-bond donors (Lipinski definition) is 1. The number of rotatable bonds is 3. The van der Waals surface area contributed by atoms with Crippen LogP contribution in [0.25, 0.3) is 0 Å². The third-order valence-corrected chi connectivity index (χ3v) is 1.42. The molecule has 0 aromatic carbocycles. The van der Waals surface area contributed by atoms with E-state index in [1.807, 2.05) is 0 Å². The van der Waals surface area contributed by atoms with Crippen LogP contribution in [-0.4, -0.2) is 29.6 Å². The van der Waals surface area contributed by atoms with E-state index in [4.69, 9.17) is 9.94 Å². The molecule has 1 N–H and O–H groups in total. The van der Waals surface area contributed by atoms with Gasteiger partial charge in [-0.05, 0) is 12.1 Å². The van der Waals surface area contributed by atoms with E-state index in [0.717, 1.165) is 6.20 Å². The van der Waals surface area contributed by atoms with Crippen molar-refractivity contribution in [3.05, 3.63) is 29.8 Å². The lowest BCUT2D eigenvalue weighted by Crippen LogP contribution is -2.10. The van der Waals surface area contributed by atoms with E-state index >= 15 is 0 Å². The Morgan fingerprint density at radius 3 is 2.92 bits per heavy atom. The molecule has 0 radical (unpaired) electrons. The second kappa shape index (κ2) is 4.51. The number of hydrogen-bond acceptors (Lipinski definition) is 4. The first-order valence-electron chi connectivity index (χ1n) is 3.59. The zero-order valence-electron chi connectivity index (χ0n) is 7.07. The third-order valence-electron chi connectivity index (χ3n) is 1.42. The normalized spacial score (nSPS) is 11.7. The molecule has 0 bridgehead atoms. The second-order valence-electron chi connectivity index (χ2n) is 2.34. The monoisotopic (exact) mass is 184 g/mol. The molecule has 0 amide bonds. The van der Waals surface area contributed by atoms with Crippen LogP contribution in [0.2, 0.25) is 0 Å². The number of pyridine rings is 1. The van der Waals surface area contributed by atoms with E-state index in [0.29, 0.717) is 5.69 Å². The van der Waals surface area contributed by atoms with Crippen molar-refractivity contribution in [3.8, 4) is 0 Å². The van der Waals surface area contributed by atoms with Crippen molar-refractivity contribution in [2.45, 2.75) is 0 Å². The van der Waals surface area contributed by atoms with Crippen LogP contribution in [0.4, 0.5) is 4.39 Å². The molecule has 0 atom stereocenters. The molecule has 13 heavy (non-hydrogen) atoms. The average Bonchev–Trinajstić information content (AvgIpc) is 2.16. The summed E-state index contributed by atoms with van der Waals surface area (Å²) in [6.07, 6.45) is 1.05. The Bertz CT molecular complexity index is 298. The average molecular weight is 184 g/mol. The molecule has 1 rings (SSSR count). The maximum atomic E-state index is 12.4. The number of halogens is 1. The largest absolute Gasteiger partial charge is 0.411 e. The van der Waals surface area contributed by atoms with Crippen LogP contribution in [0.15, 0.2) is 23.5 Å². The van der Waals surface area contributed by atoms with Gasteiger partial charge in [0.25, 0.3) is 0 Å². The van der Waals surface area contributed by atoms with Gasteiger partial charge in [-0.3, -0.25) is 4.98 Å². The lowest BCUT2D eigenvalue weighted by atomic mass is 10.2. The fourth-order valence-electron chi connectivity index (χ4n) is 0.837. The van der Waals surface area contributed by atoms with Crippen molar-refractivity contribution in [3.63, 3.8) is 0 Å². The van der Waals surface area contributed by atoms with E-state index < -0.39 is 5.82 Å². The Kier molecular flexibility index (Phi) is 3.33. The van der Waals surface area contributed by atoms with Crippen molar-refractivity contribution in [1.29, 1.82) is 0 Å². The van der Waals surface area contributed by atoms with E-state index in [1.165, 1.54) is 19.2 Å². The highest BCUT2D eigenvalue weighted by molar-refractivity contribution is 5.99. The number of methoxy groups -OCH3 is 1. The van der Waals surface area contributed by atoms with Gasteiger partial charge in [-0.25, -0.2) is 4.39 Å². The van der Waals surface area contributed by atoms with Gasteiger partial charge in [-0.1, -0.05) is 5.16 Å². The summed E-state index contributed by atoms with van der Waals surface area (Å²) in [4.78, 5) is 3.72. The first-order chi connectivity index (χ1) is 6.27. The zero-order chi connectivity index (χ0) is 9.68. The summed E-state index contributed by atoms with van der Waals surface area (Å²) in [6.45, 7) is 0.134. The molecule has 1 aromatic rings. The SMILES string of the molecule is COC/C(=N\O)c1ccc(F)cn1. The molecule has 4 nitrogen and oxygen atoms in total. The van der Waals surface area contributed by atoms with Gasteiger partial charge in [0, 0.05) is 7.11 Å². The van der Waals surface area contributed by atoms with Gasteiger partial charge in [0.1, 0.15) is 11.5 Å². The first kappa shape index (κ1) is 9.60. The predicted octanol–water partition coefficient (Wildman–Crippen LogP) is 1.05. The van der Waals surface area contributed by atoms with Gasteiger partial charge >= 0.3 is 0 Å². The summed E-state index contributed by atoms with van der Waals surface area (Å²) in [5, 5.41) is 11.5. The molecule has 0 unspecified atom stereocenters. The molecule has 70 valence electrons. The number of aromatic nitrogens is 1. The summed E-state index contributed by atoms with van der Waals surface area (Å²) in [7, 11) is 1.47. The Morgan fingerprint density at radius 2 is 2.46 bits per heavy atom. The summed E-state index contributed by atoms with van der Waals surface area (Å²) >= 11 is 0. The molecule has 0 fully saturated rings. The first-order valence-corrected chi connectivity index (χ1v) is 3.59. The minimum absolute atomic E-state index is 0.134. The molecule has 0 saturated heterocycles. The fourth-order valence-corrected chi connectivity index (χ4v) is 0.837. The van der Waals surface area contributed by atoms with Crippen LogP contribution in [-0.2, 0) is 4.74 Å². The molecule has 0 aliphatic rings. The van der Waals surface area contributed by atoms with Gasteiger partial charge in [-0.2, -0.15) is 0 Å². The van der Waals surface area contributed by atoms with E-state index in [2.05, 4.69) is 10.1 Å². The topological polar surface area (TPSA) is 54.7 Å². The van der Waals surface area contributed by atoms with Crippen molar-refractivity contribution in [2.75, 3.05) is 13.7 Å². The molecule has 0 aliphatic carbocycles. The van der Waals surface area contributed by atoms with Crippen LogP contribution >= 0.6 is 0 Å². The standard InChI is InChI=1S/C8H9FN2O2/c1-13-5-8(11-12)7-3-2-6(9)4-10-7/h2-4,12H,5H2,1H3/b11-8+. The Morgan fingerprint density at radius 1 is 1.69 bits per heavy atom. The summed E-state index contributed by atoms with van der Waals surface area (Å²) < 4.78 is 17.2. The Labute approximate surface area is 74.7 Å². The van der Waals surface area contributed by atoms with Crippen molar-refractivity contribution < 1.29 is 14.3 Å². The van der Waals surface area contributed by atoms with Gasteiger partial charge < -0.3 is 9.94 Å². The molecular weight excluding hydrogens is 175 g/mol. The molecule has 0 aliphatic heterocycles. The van der Waals surface area contributed by atoms with Crippen molar-refractivity contribution in [1.82, 2.24) is 4.98 Å². The quantitative estimate of drug-likeness (QED) is 0.434. The van der Waals surface area contributed by atoms with Crippen LogP contribution in [0.1, 0.15) is 5.69 Å². The maximum Gasteiger partial charge on any atom is 0.141 e. The van der Waals surface area contributed by atoms with E-state index in [9.17, 15) is 4.39 Å². The zero-order valence-corrected chi connectivity index (χ0v) is 7.07. The Hall–Kier alpha value is -1.49. The second-order valence-corrected chi connectivity index (χ2v) is 2.34. The van der Waals surface area contributed by atoms with Crippen LogP contribution in [0, 0.1) is 5.82 Å².